The van der Waals surface area contributed by atoms with Gasteiger partial charge in [0.1, 0.15) is 13.2 Å². The van der Waals surface area contributed by atoms with Crippen LogP contribution in [-0.4, -0.2) is 38.5 Å². The molecule has 1 amide bonds. The highest BCUT2D eigenvalue weighted by Gasteiger charge is 2.17. The summed E-state index contributed by atoms with van der Waals surface area (Å²) in [6, 6.07) is 13.6. The lowest BCUT2D eigenvalue weighted by Crippen LogP contribution is -2.22. The minimum atomic E-state index is -0.226. The van der Waals surface area contributed by atoms with Crippen LogP contribution in [0.25, 0.3) is 0 Å². The fourth-order valence-electron chi connectivity index (χ4n) is 2.44. The van der Waals surface area contributed by atoms with Gasteiger partial charge in [-0.1, -0.05) is 0 Å². The number of hydrogen-bond acceptors (Lipinski definition) is 5. The number of anilines is 2. The summed E-state index contributed by atoms with van der Waals surface area (Å²) in [5, 5.41) is 2.73. The highest BCUT2D eigenvalue weighted by molar-refractivity contribution is 8.00. The van der Waals surface area contributed by atoms with Crippen LogP contribution in [0.4, 0.5) is 11.4 Å². The Morgan fingerprint density at radius 1 is 1.08 bits per heavy atom. The monoisotopic (exact) mass is 358 g/mol. The number of thioether (sulfide) groups is 1. The minimum Gasteiger partial charge on any atom is -0.486 e. The summed E-state index contributed by atoms with van der Waals surface area (Å²) in [7, 11) is 3.97. The lowest BCUT2D eigenvalue weighted by Gasteiger charge is -2.19. The SMILES string of the molecule is C[C@H](Sc1ccc2c(c1)OCCO2)C(=O)Nc1ccc(N(C)C)cc1. The van der Waals surface area contributed by atoms with Crippen LogP contribution in [0.15, 0.2) is 47.4 Å². The van der Waals surface area contributed by atoms with Gasteiger partial charge in [0.25, 0.3) is 0 Å². The summed E-state index contributed by atoms with van der Waals surface area (Å²) in [5.74, 6) is 1.47. The van der Waals surface area contributed by atoms with Gasteiger partial charge in [-0.05, 0) is 49.4 Å². The maximum absolute atomic E-state index is 12.4. The molecule has 1 N–H and O–H groups in total. The predicted octanol–water partition coefficient (Wildman–Crippen LogP) is 3.64. The molecular formula is C19H22N2O3S. The Morgan fingerprint density at radius 2 is 1.76 bits per heavy atom. The third-order valence-corrected chi connectivity index (χ3v) is 4.94. The minimum absolute atomic E-state index is 0.0301. The highest BCUT2D eigenvalue weighted by atomic mass is 32.2. The Hall–Kier alpha value is -2.34. The molecule has 25 heavy (non-hydrogen) atoms. The first-order valence-corrected chi connectivity index (χ1v) is 9.05. The van der Waals surface area contributed by atoms with Crippen molar-refractivity contribution in [2.75, 3.05) is 37.5 Å². The molecule has 0 aromatic heterocycles. The molecule has 0 fully saturated rings. The van der Waals surface area contributed by atoms with Crippen LogP contribution in [0, 0.1) is 0 Å². The lowest BCUT2D eigenvalue weighted by molar-refractivity contribution is -0.115. The van der Waals surface area contributed by atoms with Gasteiger partial charge in [-0.2, -0.15) is 0 Å². The van der Waals surface area contributed by atoms with Crippen molar-refractivity contribution in [3.63, 3.8) is 0 Å². The van der Waals surface area contributed by atoms with Crippen molar-refractivity contribution >= 4 is 29.0 Å². The second-order valence-electron chi connectivity index (χ2n) is 6.00. The van der Waals surface area contributed by atoms with E-state index < -0.39 is 0 Å². The molecule has 1 heterocycles. The van der Waals surface area contributed by atoms with Crippen molar-refractivity contribution < 1.29 is 14.3 Å². The molecule has 0 unspecified atom stereocenters. The van der Waals surface area contributed by atoms with Crippen molar-refractivity contribution in [3.05, 3.63) is 42.5 Å². The molecule has 132 valence electrons. The van der Waals surface area contributed by atoms with E-state index in [0.717, 1.165) is 27.8 Å². The van der Waals surface area contributed by atoms with E-state index in [4.69, 9.17) is 9.47 Å². The largest absolute Gasteiger partial charge is 0.486 e. The van der Waals surface area contributed by atoms with Gasteiger partial charge in [-0.3, -0.25) is 4.79 Å². The van der Waals surface area contributed by atoms with Crippen LogP contribution < -0.4 is 19.7 Å². The summed E-state index contributed by atoms with van der Waals surface area (Å²) in [5.41, 5.74) is 1.89. The Bertz CT molecular complexity index is 747. The van der Waals surface area contributed by atoms with Gasteiger partial charge >= 0.3 is 0 Å². The van der Waals surface area contributed by atoms with E-state index in [1.165, 1.54) is 11.8 Å². The fourth-order valence-corrected chi connectivity index (χ4v) is 3.34. The van der Waals surface area contributed by atoms with E-state index in [0.29, 0.717) is 13.2 Å². The summed E-state index contributed by atoms with van der Waals surface area (Å²) in [4.78, 5) is 15.4. The number of carbonyl (C=O) groups excluding carboxylic acids is 1. The number of amides is 1. The average Bonchev–Trinajstić information content (AvgIpc) is 2.62. The molecule has 2 aromatic carbocycles. The van der Waals surface area contributed by atoms with Crippen LogP contribution in [0.3, 0.4) is 0 Å². The average molecular weight is 358 g/mol. The number of nitrogens with zero attached hydrogens (tertiary/aromatic N) is 1. The third kappa shape index (κ3) is 4.39. The quantitative estimate of drug-likeness (QED) is 0.827. The number of ether oxygens (including phenoxy) is 2. The first kappa shape index (κ1) is 17.5. The van der Waals surface area contributed by atoms with Crippen LogP contribution in [0.1, 0.15) is 6.92 Å². The van der Waals surface area contributed by atoms with E-state index in [2.05, 4.69) is 5.32 Å². The summed E-state index contributed by atoms with van der Waals surface area (Å²) < 4.78 is 11.1. The maximum Gasteiger partial charge on any atom is 0.237 e. The molecule has 0 saturated heterocycles. The van der Waals surface area contributed by atoms with Gasteiger partial charge in [0.15, 0.2) is 11.5 Å². The van der Waals surface area contributed by atoms with Crippen molar-refractivity contribution in [1.82, 2.24) is 0 Å². The van der Waals surface area contributed by atoms with E-state index in [-0.39, 0.29) is 11.2 Å². The van der Waals surface area contributed by atoms with Gasteiger partial charge in [-0.15, -0.1) is 11.8 Å². The standard InChI is InChI=1S/C19H22N2O3S/c1-13(19(22)20-14-4-6-15(7-5-14)21(2)3)25-16-8-9-17-18(12-16)24-11-10-23-17/h4-9,12-13H,10-11H2,1-3H3,(H,20,22)/t13-/m0/s1. The summed E-state index contributed by atoms with van der Waals surface area (Å²) in [6.07, 6.45) is 0. The maximum atomic E-state index is 12.4. The Balaban J connectivity index is 1.60. The molecule has 0 radical (unpaired) electrons. The molecule has 1 aliphatic rings. The van der Waals surface area contributed by atoms with Crippen molar-refractivity contribution in [1.29, 1.82) is 0 Å². The number of hydrogen-bond donors (Lipinski definition) is 1. The van der Waals surface area contributed by atoms with Crippen LogP contribution in [-0.2, 0) is 4.79 Å². The third-order valence-electron chi connectivity index (χ3n) is 3.85. The van der Waals surface area contributed by atoms with Gasteiger partial charge in [0, 0.05) is 30.4 Å². The molecule has 1 aliphatic heterocycles. The Kier molecular flexibility index (Phi) is 5.38. The van der Waals surface area contributed by atoms with Crippen LogP contribution >= 0.6 is 11.8 Å². The molecule has 0 bridgehead atoms. The van der Waals surface area contributed by atoms with Gasteiger partial charge in [0.05, 0.1) is 5.25 Å². The molecule has 0 aliphatic carbocycles. The second kappa shape index (κ2) is 7.70. The lowest BCUT2D eigenvalue weighted by atomic mass is 10.2. The van der Waals surface area contributed by atoms with E-state index in [9.17, 15) is 4.79 Å². The molecular weight excluding hydrogens is 336 g/mol. The van der Waals surface area contributed by atoms with E-state index in [1.54, 1.807) is 0 Å². The molecule has 1 atom stereocenters. The number of benzene rings is 2. The normalized spacial score (nSPS) is 13.9. The van der Waals surface area contributed by atoms with E-state index in [1.807, 2.05) is 68.4 Å². The summed E-state index contributed by atoms with van der Waals surface area (Å²) in [6.45, 7) is 3.02. The Labute approximate surface area is 152 Å². The van der Waals surface area contributed by atoms with Crippen LogP contribution in [0.5, 0.6) is 11.5 Å². The van der Waals surface area contributed by atoms with Crippen molar-refractivity contribution in [3.8, 4) is 11.5 Å². The van der Waals surface area contributed by atoms with Gasteiger partial charge in [0.2, 0.25) is 5.91 Å². The zero-order chi connectivity index (χ0) is 17.8. The first-order chi connectivity index (χ1) is 12.0. The predicted molar refractivity (Wildman–Crippen MR) is 102 cm³/mol. The zero-order valence-corrected chi connectivity index (χ0v) is 15.4. The highest BCUT2D eigenvalue weighted by Crippen LogP contribution is 2.35. The number of carbonyl (C=O) groups is 1. The molecule has 3 rings (SSSR count). The fraction of sp³-hybridized carbons (Fsp3) is 0.316. The second-order valence-corrected chi connectivity index (χ2v) is 7.41. The molecule has 5 nitrogen and oxygen atoms in total. The van der Waals surface area contributed by atoms with Crippen LogP contribution in [0.2, 0.25) is 0 Å². The molecule has 6 heteroatoms. The zero-order valence-electron chi connectivity index (χ0n) is 14.6. The van der Waals surface area contributed by atoms with Gasteiger partial charge < -0.3 is 19.7 Å². The number of nitrogens with one attached hydrogen (secondary N) is 1. The van der Waals surface area contributed by atoms with Crippen molar-refractivity contribution in [2.45, 2.75) is 17.1 Å². The smallest absolute Gasteiger partial charge is 0.237 e. The molecule has 0 spiro atoms. The Morgan fingerprint density at radius 3 is 2.44 bits per heavy atom. The van der Waals surface area contributed by atoms with Crippen molar-refractivity contribution in [2.24, 2.45) is 0 Å². The topological polar surface area (TPSA) is 50.8 Å². The first-order valence-electron chi connectivity index (χ1n) is 8.17. The number of rotatable bonds is 5. The number of fused-ring (bicyclic) bond motifs is 1. The van der Waals surface area contributed by atoms with Gasteiger partial charge in [-0.25, -0.2) is 0 Å². The molecule has 2 aromatic rings. The summed E-state index contributed by atoms with van der Waals surface area (Å²) >= 11 is 1.50. The van der Waals surface area contributed by atoms with E-state index >= 15 is 0 Å². The molecule has 0 saturated carbocycles.